The van der Waals surface area contributed by atoms with Gasteiger partial charge in [-0.1, -0.05) is 25.5 Å². The van der Waals surface area contributed by atoms with E-state index in [1.165, 1.54) is 36.8 Å². The number of hydrogen-bond donors (Lipinski definition) is 1. The van der Waals surface area contributed by atoms with E-state index in [0.717, 1.165) is 18.8 Å². The number of methoxy groups -OCH3 is 1. The average Bonchev–Trinajstić information content (AvgIpc) is 2.34. The van der Waals surface area contributed by atoms with Crippen molar-refractivity contribution in [3.8, 4) is 5.75 Å². The van der Waals surface area contributed by atoms with Gasteiger partial charge >= 0.3 is 0 Å². The van der Waals surface area contributed by atoms with E-state index in [1.54, 1.807) is 7.11 Å². The molecule has 1 rings (SSSR count). The van der Waals surface area contributed by atoms with Gasteiger partial charge in [0.1, 0.15) is 5.75 Å². The van der Waals surface area contributed by atoms with Gasteiger partial charge in [-0.25, -0.2) is 0 Å². The van der Waals surface area contributed by atoms with E-state index >= 15 is 0 Å². The van der Waals surface area contributed by atoms with Gasteiger partial charge in [0.2, 0.25) is 0 Å². The Hall–Kier alpha value is -1.02. The highest BCUT2D eigenvalue weighted by Gasteiger charge is 1.99. The van der Waals surface area contributed by atoms with Crippen LogP contribution in [0.2, 0.25) is 0 Å². The van der Waals surface area contributed by atoms with Crippen LogP contribution in [-0.2, 0) is 6.42 Å². The molecule has 0 saturated heterocycles. The zero-order valence-electron chi connectivity index (χ0n) is 11.4. The Labute approximate surface area is 105 Å². The molecule has 0 spiro atoms. The summed E-state index contributed by atoms with van der Waals surface area (Å²) in [6.45, 7) is 6.49. The molecule has 0 aromatic heterocycles. The fraction of sp³-hybridized carbons (Fsp3) is 0.600. The van der Waals surface area contributed by atoms with E-state index in [2.05, 4.69) is 37.4 Å². The third-order valence-electron chi connectivity index (χ3n) is 3.03. The number of rotatable bonds is 8. The van der Waals surface area contributed by atoms with Crippen molar-refractivity contribution < 1.29 is 4.74 Å². The van der Waals surface area contributed by atoms with E-state index in [1.807, 2.05) is 0 Å². The van der Waals surface area contributed by atoms with Gasteiger partial charge in [-0.2, -0.15) is 0 Å². The first-order chi connectivity index (χ1) is 8.27. The lowest BCUT2D eigenvalue weighted by Gasteiger charge is -2.07. The first-order valence-electron chi connectivity index (χ1n) is 6.62. The molecule has 1 aromatic carbocycles. The molecule has 1 N–H and O–H groups in total. The Morgan fingerprint density at radius 1 is 1.18 bits per heavy atom. The molecule has 2 heteroatoms. The first-order valence-corrected chi connectivity index (χ1v) is 6.62. The molecule has 2 nitrogen and oxygen atoms in total. The van der Waals surface area contributed by atoms with Crippen LogP contribution in [0.5, 0.6) is 5.75 Å². The minimum Gasteiger partial charge on any atom is -0.496 e. The topological polar surface area (TPSA) is 21.3 Å². The molecule has 0 fully saturated rings. The summed E-state index contributed by atoms with van der Waals surface area (Å²) in [4.78, 5) is 0. The summed E-state index contributed by atoms with van der Waals surface area (Å²) in [5.74, 6) is 0.987. The third kappa shape index (κ3) is 5.22. The lowest BCUT2D eigenvalue weighted by molar-refractivity contribution is 0.411. The van der Waals surface area contributed by atoms with Crippen molar-refractivity contribution in [2.24, 2.45) is 0 Å². The van der Waals surface area contributed by atoms with Crippen molar-refractivity contribution in [3.63, 3.8) is 0 Å². The van der Waals surface area contributed by atoms with Gasteiger partial charge < -0.3 is 10.1 Å². The zero-order chi connectivity index (χ0) is 12.5. The van der Waals surface area contributed by atoms with Crippen LogP contribution in [0.4, 0.5) is 0 Å². The molecule has 0 heterocycles. The molecule has 0 atom stereocenters. The van der Waals surface area contributed by atoms with Gasteiger partial charge in [0.25, 0.3) is 0 Å². The Morgan fingerprint density at radius 2 is 2.00 bits per heavy atom. The van der Waals surface area contributed by atoms with Gasteiger partial charge in [0.05, 0.1) is 7.11 Å². The molecule has 0 aliphatic heterocycles. The molecular formula is C15H25NO. The van der Waals surface area contributed by atoms with Crippen molar-refractivity contribution in [2.45, 2.75) is 39.5 Å². The number of hydrogen-bond acceptors (Lipinski definition) is 2. The SMILES string of the molecule is CCNCCCCCc1ccc(OC)c(C)c1. The van der Waals surface area contributed by atoms with Crippen molar-refractivity contribution in [2.75, 3.05) is 20.2 Å². The van der Waals surface area contributed by atoms with Crippen LogP contribution < -0.4 is 10.1 Å². The second kappa shape index (κ2) is 8.13. The maximum Gasteiger partial charge on any atom is 0.121 e. The second-order valence-corrected chi connectivity index (χ2v) is 4.47. The normalized spacial score (nSPS) is 10.5. The van der Waals surface area contributed by atoms with Gasteiger partial charge in [-0.3, -0.25) is 0 Å². The number of ether oxygens (including phenoxy) is 1. The molecule has 96 valence electrons. The maximum atomic E-state index is 5.26. The maximum absolute atomic E-state index is 5.26. The predicted molar refractivity (Wildman–Crippen MR) is 73.8 cm³/mol. The molecule has 0 aliphatic rings. The molecule has 0 bridgehead atoms. The number of aryl methyl sites for hydroxylation is 2. The highest BCUT2D eigenvalue weighted by Crippen LogP contribution is 2.19. The van der Waals surface area contributed by atoms with Crippen molar-refractivity contribution >= 4 is 0 Å². The smallest absolute Gasteiger partial charge is 0.121 e. The fourth-order valence-electron chi connectivity index (χ4n) is 2.03. The predicted octanol–water partition coefficient (Wildman–Crippen LogP) is 3.33. The summed E-state index contributed by atoms with van der Waals surface area (Å²) in [5, 5.41) is 3.35. The average molecular weight is 235 g/mol. The largest absolute Gasteiger partial charge is 0.496 e. The highest BCUT2D eigenvalue weighted by atomic mass is 16.5. The number of benzene rings is 1. The molecule has 1 aromatic rings. The van der Waals surface area contributed by atoms with Crippen molar-refractivity contribution in [1.29, 1.82) is 0 Å². The van der Waals surface area contributed by atoms with Crippen LogP contribution in [0.25, 0.3) is 0 Å². The number of unbranched alkanes of at least 4 members (excludes halogenated alkanes) is 2. The molecule has 0 unspecified atom stereocenters. The van der Waals surface area contributed by atoms with Crippen LogP contribution in [0.15, 0.2) is 18.2 Å². The molecule has 17 heavy (non-hydrogen) atoms. The Bertz CT molecular complexity index is 323. The standard InChI is InChI=1S/C15H25NO/c1-4-16-11-7-5-6-8-14-9-10-15(17-3)13(2)12-14/h9-10,12,16H,4-8,11H2,1-3H3. The van der Waals surface area contributed by atoms with E-state index in [-0.39, 0.29) is 0 Å². The third-order valence-corrected chi connectivity index (χ3v) is 3.03. The summed E-state index contributed by atoms with van der Waals surface area (Å²) in [5.41, 5.74) is 2.66. The van der Waals surface area contributed by atoms with Crippen LogP contribution in [-0.4, -0.2) is 20.2 Å². The summed E-state index contributed by atoms with van der Waals surface area (Å²) in [6.07, 6.45) is 5.04. The molecule has 0 saturated carbocycles. The van der Waals surface area contributed by atoms with Crippen molar-refractivity contribution in [3.05, 3.63) is 29.3 Å². The Kier molecular flexibility index (Phi) is 6.71. The lowest BCUT2D eigenvalue weighted by atomic mass is 10.0. The fourth-order valence-corrected chi connectivity index (χ4v) is 2.03. The summed E-state index contributed by atoms with van der Waals surface area (Å²) in [6, 6.07) is 6.49. The minimum atomic E-state index is 0.987. The van der Waals surface area contributed by atoms with E-state index in [0.29, 0.717) is 0 Å². The van der Waals surface area contributed by atoms with Gasteiger partial charge in [-0.15, -0.1) is 0 Å². The van der Waals surface area contributed by atoms with Gasteiger partial charge in [0.15, 0.2) is 0 Å². The summed E-state index contributed by atoms with van der Waals surface area (Å²) < 4.78 is 5.26. The molecule has 0 amide bonds. The molecule has 0 aliphatic carbocycles. The monoisotopic (exact) mass is 235 g/mol. The van der Waals surface area contributed by atoms with Crippen LogP contribution in [0.1, 0.15) is 37.3 Å². The Morgan fingerprint density at radius 3 is 2.65 bits per heavy atom. The van der Waals surface area contributed by atoms with E-state index in [4.69, 9.17) is 4.74 Å². The highest BCUT2D eigenvalue weighted by molar-refractivity contribution is 5.36. The van der Waals surface area contributed by atoms with Gasteiger partial charge in [0, 0.05) is 0 Å². The minimum absolute atomic E-state index is 0.987. The quantitative estimate of drug-likeness (QED) is 0.698. The van der Waals surface area contributed by atoms with E-state index < -0.39 is 0 Å². The van der Waals surface area contributed by atoms with Crippen LogP contribution in [0, 0.1) is 6.92 Å². The summed E-state index contributed by atoms with van der Waals surface area (Å²) in [7, 11) is 1.72. The van der Waals surface area contributed by atoms with Gasteiger partial charge in [-0.05, 0) is 56.5 Å². The Balaban J connectivity index is 2.25. The zero-order valence-corrected chi connectivity index (χ0v) is 11.4. The molecular weight excluding hydrogens is 210 g/mol. The second-order valence-electron chi connectivity index (χ2n) is 4.47. The van der Waals surface area contributed by atoms with E-state index in [9.17, 15) is 0 Å². The first kappa shape index (κ1) is 14.0. The molecule has 0 radical (unpaired) electrons. The lowest BCUT2D eigenvalue weighted by Crippen LogP contribution is -2.13. The van der Waals surface area contributed by atoms with Crippen LogP contribution in [0.3, 0.4) is 0 Å². The van der Waals surface area contributed by atoms with Crippen LogP contribution >= 0.6 is 0 Å². The van der Waals surface area contributed by atoms with Crippen molar-refractivity contribution in [1.82, 2.24) is 5.32 Å². The summed E-state index contributed by atoms with van der Waals surface area (Å²) >= 11 is 0. The number of nitrogens with one attached hydrogen (secondary N) is 1.